The largest absolute Gasteiger partial charge is 0.478 e. The van der Waals surface area contributed by atoms with Crippen molar-refractivity contribution in [2.24, 2.45) is 0 Å². The molecule has 19 heavy (non-hydrogen) atoms. The van der Waals surface area contributed by atoms with E-state index in [1.54, 1.807) is 24.3 Å². The van der Waals surface area contributed by atoms with E-state index in [0.29, 0.717) is 30.9 Å². The molecule has 0 aliphatic carbocycles. The Labute approximate surface area is 111 Å². The molecular weight excluding hydrogens is 246 g/mol. The zero-order chi connectivity index (χ0) is 14.1. The number of amides is 1. The van der Waals surface area contributed by atoms with Gasteiger partial charge in [0, 0.05) is 24.8 Å². The number of benzene rings is 1. The lowest BCUT2D eigenvalue weighted by Gasteiger charge is -2.05. The summed E-state index contributed by atoms with van der Waals surface area (Å²) in [5.41, 5.74) is 1.16. The summed E-state index contributed by atoms with van der Waals surface area (Å²) in [7, 11) is 0. The first kappa shape index (κ1) is 14.9. The lowest BCUT2D eigenvalue weighted by atomic mass is 10.1. The number of rotatable bonds is 7. The first-order valence-corrected chi connectivity index (χ1v) is 6.00. The average Bonchev–Trinajstić information content (AvgIpc) is 2.41. The van der Waals surface area contributed by atoms with Crippen LogP contribution >= 0.6 is 0 Å². The van der Waals surface area contributed by atoms with Gasteiger partial charge in [0.2, 0.25) is 0 Å². The number of ether oxygens (including phenoxy) is 1. The van der Waals surface area contributed by atoms with E-state index in [1.807, 2.05) is 6.92 Å². The van der Waals surface area contributed by atoms with Crippen LogP contribution in [0.4, 0.5) is 0 Å². The monoisotopic (exact) mass is 263 g/mol. The average molecular weight is 263 g/mol. The van der Waals surface area contributed by atoms with Gasteiger partial charge in [-0.3, -0.25) is 4.79 Å². The van der Waals surface area contributed by atoms with Gasteiger partial charge in [0.25, 0.3) is 5.91 Å². The number of aliphatic carboxylic acids is 1. The van der Waals surface area contributed by atoms with Crippen LogP contribution in [0.5, 0.6) is 0 Å². The van der Waals surface area contributed by atoms with Gasteiger partial charge in [0.15, 0.2) is 0 Å². The van der Waals surface area contributed by atoms with Crippen LogP contribution in [0, 0.1) is 0 Å². The summed E-state index contributed by atoms with van der Waals surface area (Å²) < 4.78 is 5.12. The highest BCUT2D eigenvalue weighted by molar-refractivity contribution is 5.95. The topological polar surface area (TPSA) is 75.6 Å². The predicted octanol–water partition coefficient (Wildman–Crippen LogP) is 1.55. The number of carbonyl (C=O) groups excluding carboxylic acids is 1. The number of carboxylic acids is 1. The Balaban J connectivity index is 2.60. The SMILES string of the molecule is CCOCCNC(=O)c1cccc(C=CC(=O)O)c1. The first-order valence-electron chi connectivity index (χ1n) is 6.00. The molecule has 0 spiro atoms. The molecule has 1 aromatic carbocycles. The number of hydrogen-bond acceptors (Lipinski definition) is 3. The Morgan fingerprint density at radius 3 is 2.89 bits per heavy atom. The van der Waals surface area contributed by atoms with Crippen molar-refractivity contribution in [2.75, 3.05) is 19.8 Å². The van der Waals surface area contributed by atoms with Crippen molar-refractivity contribution in [3.63, 3.8) is 0 Å². The van der Waals surface area contributed by atoms with Crippen molar-refractivity contribution < 1.29 is 19.4 Å². The van der Waals surface area contributed by atoms with E-state index in [4.69, 9.17) is 9.84 Å². The van der Waals surface area contributed by atoms with Crippen LogP contribution in [0.1, 0.15) is 22.8 Å². The number of carboxylic acid groups (broad SMARTS) is 1. The highest BCUT2D eigenvalue weighted by Crippen LogP contribution is 2.07. The molecule has 102 valence electrons. The van der Waals surface area contributed by atoms with Gasteiger partial charge in [-0.2, -0.15) is 0 Å². The van der Waals surface area contributed by atoms with Crippen LogP contribution in [-0.2, 0) is 9.53 Å². The maximum Gasteiger partial charge on any atom is 0.328 e. The van der Waals surface area contributed by atoms with Crippen LogP contribution in [0.25, 0.3) is 6.08 Å². The van der Waals surface area contributed by atoms with Crippen molar-refractivity contribution in [2.45, 2.75) is 6.92 Å². The molecule has 0 aliphatic heterocycles. The molecule has 5 heteroatoms. The van der Waals surface area contributed by atoms with Crippen molar-refractivity contribution in [1.82, 2.24) is 5.32 Å². The predicted molar refractivity (Wildman–Crippen MR) is 71.9 cm³/mol. The van der Waals surface area contributed by atoms with Crippen molar-refractivity contribution in [3.05, 3.63) is 41.5 Å². The summed E-state index contributed by atoms with van der Waals surface area (Å²) >= 11 is 0. The lowest BCUT2D eigenvalue weighted by Crippen LogP contribution is -2.27. The van der Waals surface area contributed by atoms with Gasteiger partial charge in [-0.25, -0.2) is 4.79 Å². The van der Waals surface area contributed by atoms with Crippen molar-refractivity contribution >= 4 is 18.0 Å². The molecule has 0 aromatic heterocycles. The maximum absolute atomic E-state index is 11.8. The summed E-state index contributed by atoms with van der Waals surface area (Å²) in [5, 5.41) is 11.3. The minimum atomic E-state index is -1.02. The molecule has 1 amide bonds. The number of hydrogen-bond donors (Lipinski definition) is 2. The molecule has 1 aromatic rings. The molecule has 0 saturated carbocycles. The zero-order valence-electron chi connectivity index (χ0n) is 10.8. The molecule has 2 N–H and O–H groups in total. The molecule has 0 atom stereocenters. The fourth-order valence-corrected chi connectivity index (χ4v) is 1.43. The standard InChI is InChI=1S/C14H17NO4/c1-2-19-9-8-15-14(18)12-5-3-4-11(10-12)6-7-13(16)17/h3-7,10H,2,8-9H2,1H3,(H,15,18)(H,16,17). The van der Waals surface area contributed by atoms with Crippen LogP contribution in [0.15, 0.2) is 30.3 Å². The second kappa shape index (κ2) is 8.05. The minimum absolute atomic E-state index is 0.203. The zero-order valence-corrected chi connectivity index (χ0v) is 10.8. The quantitative estimate of drug-likeness (QED) is 0.578. The molecule has 0 bridgehead atoms. The fourth-order valence-electron chi connectivity index (χ4n) is 1.43. The van der Waals surface area contributed by atoms with Gasteiger partial charge in [-0.1, -0.05) is 12.1 Å². The Bertz CT molecular complexity index is 468. The van der Waals surface area contributed by atoms with E-state index in [2.05, 4.69) is 5.32 Å². The normalized spacial score (nSPS) is 10.6. The van der Waals surface area contributed by atoms with E-state index in [9.17, 15) is 9.59 Å². The fraction of sp³-hybridized carbons (Fsp3) is 0.286. The van der Waals surface area contributed by atoms with Gasteiger partial charge in [-0.15, -0.1) is 0 Å². The Morgan fingerprint density at radius 2 is 2.21 bits per heavy atom. The van der Waals surface area contributed by atoms with Gasteiger partial charge in [-0.05, 0) is 30.7 Å². The Kier molecular flexibility index (Phi) is 6.32. The second-order valence-electron chi connectivity index (χ2n) is 3.75. The molecule has 0 fully saturated rings. The van der Waals surface area contributed by atoms with E-state index < -0.39 is 5.97 Å². The van der Waals surface area contributed by atoms with E-state index in [-0.39, 0.29) is 5.91 Å². The van der Waals surface area contributed by atoms with Crippen molar-refractivity contribution in [1.29, 1.82) is 0 Å². The number of carbonyl (C=O) groups is 2. The summed E-state index contributed by atoms with van der Waals surface area (Å²) in [6, 6.07) is 6.75. The van der Waals surface area contributed by atoms with E-state index >= 15 is 0 Å². The molecule has 0 radical (unpaired) electrons. The third-order valence-corrected chi connectivity index (χ3v) is 2.30. The highest BCUT2D eigenvalue weighted by Gasteiger charge is 2.04. The minimum Gasteiger partial charge on any atom is -0.478 e. The third-order valence-electron chi connectivity index (χ3n) is 2.30. The van der Waals surface area contributed by atoms with Gasteiger partial charge >= 0.3 is 5.97 Å². The smallest absolute Gasteiger partial charge is 0.328 e. The molecule has 0 heterocycles. The van der Waals surface area contributed by atoms with Crippen LogP contribution in [0.3, 0.4) is 0 Å². The van der Waals surface area contributed by atoms with Crippen LogP contribution in [-0.4, -0.2) is 36.7 Å². The first-order chi connectivity index (χ1) is 9.13. The van der Waals surface area contributed by atoms with Crippen molar-refractivity contribution in [3.8, 4) is 0 Å². The van der Waals surface area contributed by atoms with E-state index in [0.717, 1.165) is 6.08 Å². The highest BCUT2D eigenvalue weighted by atomic mass is 16.5. The molecule has 0 aliphatic rings. The van der Waals surface area contributed by atoms with Gasteiger partial charge in [0.1, 0.15) is 0 Å². The summed E-state index contributed by atoms with van der Waals surface area (Å²) in [6.07, 6.45) is 2.48. The lowest BCUT2D eigenvalue weighted by molar-refractivity contribution is -0.131. The van der Waals surface area contributed by atoms with Crippen LogP contribution < -0.4 is 5.32 Å². The Hall–Kier alpha value is -2.14. The summed E-state index contributed by atoms with van der Waals surface area (Å²) in [6.45, 7) is 3.42. The maximum atomic E-state index is 11.8. The second-order valence-corrected chi connectivity index (χ2v) is 3.75. The molecular formula is C14H17NO4. The molecule has 0 saturated heterocycles. The molecule has 1 rings (SSSR count). The summed E-state index contributed by atoms with van der Waals surface area (Å²) in [5.74, 6) is -1.23. The van der Waals surface area contributed by atoms with Gasteiger partial charge < -0.3 is 15.2 Å². The molecule has 0 unspecified atom stereocenters. The molecule has 5 nitrogen and oxygen atoms in total. The number of nitrogens with one attached hydrogen (secondary N) is 1. The Morgan fingerprint density at radius 1 is 1.42 bits per heavy atom. The van der Waals surface area contributed by atoms with E-state index in [1.165, 1.54) is 6.08 Å². The van der Waals surface area contributed by atoms with Crippen LogP contribution in [0.2, 0.25) is 0 Å². The summed E-state index contributed by atoms with van der Waals surface area (Å²) in [4.78, 5) is 22.2. The third kappa shape index (κ3) is 5.83. The van der Waals surface area contributed by atoms with Gasteiger partial charge in [0.05, 0.1) is 6.61 Å².